The molecular weight excluding hydrogens is 302 g/mol. The standard InChI is InChI=1S/C12H14Cl2F3NO/c1-18-10(6-19-7-12(15,16)17)4-8-2-3-9(13)5-11(8)14/h2-3,5,10,18H,4,6-7H2,1H3. The minimum atomic E-state index is -4.31. The molecule has 0 saturated carbocycles. The zero-order valence-electron chi connectivity index (χ0n) is 10.2. The largest absolute Gasteiger partial charge is 0.411 e. The lowest BCUT2D eigenvalue weighted by Gasteiger charge is -2.18. The van der Waals surface area contributed by atoms with Crippen molar-refractivity contribution >= 4 is 23.2 Å². The Hall–Kier alpha value is -0.490. The fourth-order valence-corrected chi connectivity index (χ4v) is 2.00. The topological polar surface area (TPSA) is 21.3 Å². The second kappa shape index (κ2) is 7.33. The zero-order valence-corrected chi connectivity index (χ0v) is 11.7. The quantitative estimate of drug-likeness (QED) is 0.864. The molecular formula is C12H14Cl2F3NO. The molecule has 1 N–H and O–H groups in total. The first-order chi connectivity index (χ1) is 8.81. The molecule has 2 nitrogen and oxygen atoms in total. The van der Waals surface area contributed by atoms with E-state index in [0.717, 1.165) is 5.56 Å². The summed E-state index contributed by atoms with van der Waals surface area (Å²) in [6, 6.07) is 4.79. The van der Waals surface area contributed by atoms with Crippen LogP contribution >= 0.6 is 23.2 Å². The van der Waals surface area contributed by atoms with E-state index < -0.39 is 12.8 Å². The third-order valence-electron chi connectivity index (χ3n) is 2.47. The molecule has 0 fully saturated rings. The minimum absolute atomic E-state index is 0.0467. The van der Waals surface area contributed by atoms with Gasteiger partial charge < -0.3 is 10.1 Å². The Labute approximate surface area is 119 Å². The molecule has 108 valence electrons. The molecule has 0 saturated heterocycles. The van der Waals surface area contributed by atoms with Gasteiger partial charge in [-0.3, -0.25) is 0 Å². The summed E-state index contributed by atoms with van der Waals surface area (Å²) in [5, 5.41) is 3.90. The first kappa shape index (κ1) is 16.6. The number of benzene rings is 1. The van der Waals surface area contributed by atoms with Gasteiger partial charge in [0.05, 0.1) is 6.61 Å². The van der Waals surface area contributed by atoms with Gasteiger partial charge in [-0.25, -0.2) is 0 Å². The summed E-state index contributed by atoms with van der Waals surface area (Å²) in [6.07, 6.45) is -3.85. The van der Waals surface area contributed by atoms with E-state index in [0.29, 0.717) is 16.5 Å². The monoisotopic (exact) mass is 315 g/mol. The van der Waals surface area contributed by atoms with E-state index in [9.17, 15) is 13.2 Å². The van der Waals surface area contributed by atoms with Crippen LogP contribution in [0.15, 0.2) is 18.2 Å². The molecule has 0 aliphatic carbocycles. The number of nitrogens with one attached hydrogen (secondary N) is 1. The van der Waals surface area contributed by atoms with E-state index in [4.69, 9.17) is 23.2 Å². The third kappa shape index (κ3) is 6.47. The first-order valence-electron chi connectivity index (χ1n) is 5.57. The number of likely N-dealkylation sites (N-methyl/N-ethyl adjacent to an activating group) is 1. The summed E-state index contributed by atoms with van der Waals surface area (Å²) in [4.78, 5) is 0. The summed E-state index contributed by atoms with van der Waals surface area (Å²) in [6.45, 7) is -1.30. The predicted octanol–water partition coefficient (Wildman–Crippen LogP) is 3.70. The summed E-state index contributed by atoms with van der Waals surface area (Å²) in [5.74, 6) is 0. The van der Waals surface area contributed by atoms with Crippen LogP contribution in [0.25, 0.3) is 0 Å². The van der Waals surface area contributed by atoms with Crippen LogP contribution in [-0.2, 0) is 11.2 Å². The molecule has 19 heavy (non-hydrogen) atoms. The Bertz CT molecular complexity index is 412. The van der Waals surface area contributed by atoms with Gasteiger partial charge in [-0.1, -0.05) is 29.3 Å². The zero-order chi connectivity index (χ0) is 14.5. The fraction of sp³-hybridized carbons (Fsp3) is 0.500. The molecule has 0 bridgehead atoms. The van der Waals surface area contributed by atoms with Gasteiger partial charge in [-0.15, -0.1) is 0 Å². The van der Waals surface area contributed by atoms with Crippen molar-refractivity contribution in [2.75, 3.05) is 20.3 Å². The summed E-state index contributed by atoms with van der Waals surface area (Å²) in [5.41, 5.74) is 0.807. The number of hydrogen-bond donors (Lipinski definition) is 1. The Morgan fingerprint density at radius 2 is 2.00 bits per heavy atom. The van der Waals surface area contributed by atoms with E-state index in [1.807, 2.05) is 0 Å². The van der Waals surface area contributed by atoms with Crippen LogP contribution in [0.4, 0.5) is 13.2 Å². The van der Waals surface area contributed by atoms with Gasteiger partial charge in [-0.05, 0) is 31.2 Å². The molecule has 0 aliphatic rings. The maximum absolute atomic E-state index is 12.0. The van der Waals surface area contributed by atoms with Crippen molar-refractivity contribution in [1.29, 1.82) is 0 Å². The Kier molecular flexibility index (Phi) is 6.39. The van der Waals surface area contributed by atoms with Gasteiger partial charge in [0.2, 0.25) is 0 Å². The molecule has 0 aromatic heterocycles. The number of ether oxygens (including phenoxy) is 1. The van der Waals surface area contributed by atoms with Crippen molar-refractivity contribution in [1.82, 2.24) is 5.32 Å². The molecule has 0 heterocycles. The lowest BCUT2D eigenvalue weighted by molar-refractivity contribution is -0.175. The van der Waals surface area contributed by atoms with Crippen LogP contribution in [0.5, 0.6) is 0 Å². The first-order valence-corrected chi connectivity index (χ1v) is 6.33. The van der Waals surface area contributed by atoms with E-state index in [-0.39, 0.29) is 12.6 Å². The molecule has 0 aliphatic heterocycles. The molecule has 1 unspecified atom stereocenters. The van der Waals surface area contributed by atoms with Crippen molar-refractivity contribution in [3.63, 3.8) is 0 Å². The normalized spacial score (nSPS) is 13.6. The van der Waals surface area contributed by atoms with Crippen molar-refractivity contribution in [2.24, 2.45) is 0 Å². The van der Waals surface area contributed by atoms with Crippen LogP contribution in [0.3, 0.4) is 0 Å². The van der Waals surface area contributed by atoms with E-state index in [1.165, 1.54) is 0 Å². The number of halogens is 5. The summed E-state index contributed by atoms with van der Waals surface area (Å²) >= 11 is 11.8. The van der Waals surface area contributed by atoms with Crippen molar-refractivity contribution in [3.05, 3.63) is 33.8 Å². The lowest BCUT2D eigenvalue weighted by Crippen LogP contribution is -2.34. The second-order valence-electron chi connectivity index (χ2n) is 4.06. The van der Waals surface area contributed by atoms with Crippen molar-refractivity contribution < 1.29 is 17.9 Å². The maximum atomic E-state index is 12.0. The van der Waals surface area contributed by atoms with Crippen LogP contribution < -0.4 is 5.32 Å². The molecule has 0 amide bonds. The smallest absolute Gasteiger partial charge is 0.370 e. The highest BCUT2D eigenvalue weighted by atomic mass is 35.5. The van der Waals surface area contributed by atoms with Gasteiger partial charge in [0.25, 0.3) is 0 Å². The Morgan fingerprint density at radius 3 is 2.53 bits per heavy atom. The number of rotatable bonds is 6. The highest BCUT2D eigenvalue weighted by Crippen LogP contribution is 2.22. The molecule has 0 radical (unpaired) electrons. The predicted molar refractivity (Wildman–Crippen MR) is 69.9 cm³/mol. The van der Waals surface area contributed by atoms with Crippen LogP contribution in [0.2, 0.25) is 10.0 Å². The van der Waals surface area contributed by atoms with E-state index in [1.54, 1.807) is 25.2 Å². The van der Waals surface area contributed by atoms with Gasteiger partial charge in [-0.2, -0.15) is 13.2 Å². The second-order valence-corrected chi connectivity index (χ2v) is 4.90. The molecule has 1 atom stereocenters. The third-order valence-corrected chi connectivity index (χ3v) is 3.06. The number of hydrogen-bond acceptors (Lipinski definition) is 2. The SMILES string of the molecule is CNC(COCC(F)(F)F)Cc1ccc(Cl)cc1Cl. The highest BCUT2D eigenvalue weighted by molar-refractivity contribution is 6.35. The molecule has 1 aromatic carbocycles. The van der Waals surface area contributed by atoms with E-state index >= 15 is 0 Å². The summed E-state index contributed by atoms with van der Waals surface area (Å²) < 4.78 is 40.5. The Balaban J connectivity index is 2.52. The van der Waals surface area contributed by atoms with Gasteiger partial charge in [0, 0.05) is 16.1 Å². The molecule has 0 spiro atoms. The van der Waals surface area contributed by atoms with Crippen LogP contribution in [0, 0.1) is 0 Å². The maximum Gasteiger partial charge on any atom is 0.411 e. The minimum Gasteiger partial charge on any atom is -0.370 e. The Morgan fingerprint density at radius 1 is 1.32 bits per heavy atom. The molecule has 1 aromatic rings. The van der Waals surface area contributed by atoms with Crippen molar-refractivity contribution in [2.45, 2.75) is 18.6 Å². The fourth-order valence-electron chi connectivity index (χ4n) is 1.51. The molecule has 7 heteroatoms. The van der Waals surface area contributed by atoms with Gasteiger partial charge >= 0.3 is 6.18 Å². The average Bonchev–Trinajstić information content (AvgIpc) is 2.29. The summed E-state index contributed by atoms with van der Waals surface area (Å²) in [7, 11) is 1.66. The average molecular weight is 316 g/mol. The number of alkyl halides is 3. The lowest BCUT2D eigenvalue weighted by atomic mass is 10.1. The molecule has 1 rings (SSSR count). The van der Waals surface area contributed by atoms with Gasteiger partial charge in [0.15, 0.2) is 0 Å². The van der Waals surface area contributed by atoms with Crippen molar-refractivity contribution in [3.8, 4) is 0 Å². The van der Waals surface area contributed by atoms with Gasteiger partial charge in [0.1, 0.15) is 6.61 Å². The van der Waals surface area contributed by atoms with Crippen LogP contribution in [0.1, 0.15) is 5.56 Å². The van der Waals surface area contributed by atoms with E-state index in [2.05, 4.69) is 10.1 Å². The highest BCUT2D eigenvalue weighted by Gasteiger charge is 2.27. The van der Waals surface area contributed by atoms with Crippen LogP contribution in [-0.4, -0.2) is 32.5 Å².